The van der Waals surface area contributed by atoms with Crippen molar-refractivity contribution in [3.8, 4) is 0 Å². The Morgan fingerprint density at radius 3 is 2.44 bits per heavy atom. The minimum Gasteiger partial charge on any atom is -0.336 e. The summed E-state index contributed by atoms with van der Waals surface area (Å²) >= 11 is 0. The standard InChI is InChI=1S/C21H26N4O2/c1-4-24-7-9-25(10-8-24)21(27)18-12-17(13-22-14-18)20(26)23-19-11-15(2)5-6-16(19)3/h5-6,11-14H,4,7-10H2,1-3H3,(H,23,26). The van der Waals surface area contributed by atoms with Crippen molar-refractivity contribution < 1.29 is 9.59 Å². The van der Waals surface area contributed by atoms with Gasteiger partial charge in [0.1, 0.15) is 0 Å². The van der Waals surface area contributed by atoms with E-state index in [0.717, 1.165) is 36.4 Å². The summed E-state index contributed by atoms with van der Waals surface area (Å²) in [5, 5.41) is 2.92. The zero-order chi connectivity index (χ0) is 19.4. The average Bonchev–Trinajstić information content (AvgIpc) is 2.70. The van der Waals surface area contributed by atoms with E-state index in [9.17, 15) is 9.59 Å². The van der Waals surface area contributed by atoms with E-state index in [-0.39, 0.29) is 11.8 Å². The molecule has 27 heavy (non-hydrogen) atoms. The number of rotatable bonds is 4. The first kappa shape index (κ1) is 19.0. The number of likely N-dealkylation sites (N-methyl/N-ethyl adjacent to an activating group) is 1. The lowest BCUT2D eigenvalue weighted by Crippen LogP contribution is -2.48. The Morgan fingerprint density at radius 2 is 1.74 bits per heavy atom. The fourth-order valence-corrected chi connectivity index (χ4v) is 3.20. The summed E-state index contributed by atoms with van der Waals surface area (Å²) in [7, 11) is 0. The number of carbonyl (C=O) groups excluding carboxylic acids is 2. The summed E-state index contributed by atoms with van der Waals surface area (Å²) in [6.07, 6.45) is 3.02. The number of aromatic nitrogens is 1. The molecule has 2 amide bonds. The zero-order valence-electron chi connectivity index (χ0n) is 16.2. The van der Waals surface area contributed by atoms with Gasteiger partial charge in [-0.25, -0.2) is 0 Å². The fourth-order valence-electron chi connectivity index (χ4n) is 3.20. The second-order valence-electron chi connectivity index (χ2n) is 6.96. The number of piperazine rings is 1. The van der Waals surface area contributed by atoms with Crippen LogP contribution < -0.4 is 5.32 Å². The highest BCUT2D eigenvalue weighted by molar-refractivity contribution is 6.06. The molecule has 0 unspecified atom stereocenters. The van der Waals surface area contributed by atoms with Gasteiger partial charge in [0.2, 0.25) is 0 Å². The fraction of sp³-hybridized carbons (Fsp3) is 0.381. The maximum Gasteiger partial charge on any atom is 0.257 e. The molecular weight excluding hydrogens is 340 g/mol. The Morgan fingerprint density at radius 1 is 1.04 bits per heavy atom. The van der Waals surface area contributed by atoms with Crippen molar-refractivity contribution in [2.45, 2.75) is 20.8 Å². The van der Waals surface area contributed by atoms with Crippen LogP contribution in [0.4, 0.5) is 5.69 Å². The predicted molar refractivity (Wildman–Crippen MR) is 106 cm³/mol. The number of anilines is 1. The van der Waals surface area contributed by atoms with Gasteiger partial charge in [-0.1, -0.05) is 19.1 Å². The predicted octanol–water partition coefficient (Wildman–Crippen LogP) is 2.73. The molecule has 1 aliphatic rings. The maximum absolute atomic E-state index is 12.8. The van der Waals surface area contributed by atoms with Crippen LogP contribution >= 0.6 is 0 Å². The molecule has 1 fully saturated rings. The average molecular weight is 366 g/mol. The summed E-state index contributed by atoms with van der Waals surface area (Å²) in [4.78, 5) is 33.7. The summed E-state index contributed by atoms with van der Waals surface area (Å²) in [6, 6.07) is 7.54. The summed E-state index contributed by atoms with van der Waals surface area (Å²) in [5.74, 6) is -0.332. The zero-order valence-corrected chi connectivity index (χ0v) is 16.2. The lowest BCUT2D eigenvalue weighted by molar-refractivity contribution is 0.0643. The third-order valence-electron chi connectivity index (χ3n) is 5.00. The molecule has 1 aromatic heterocycles. The van der Waals surface area contributed by atoms with Crippen molar-refractivity contribution >= 4 is 17.5 Å². The first-order valence-corrected chi connectivity index (χ1v) is 9.33. The second-order valence-corrected chi connectivity index (χ2v) is 6.96. The third kappa shape index (κ3) is 4.52. The molecule has 1 saturated heterocycles. The van der Waals surface area contributed by atoms with E-state index in [0.29, 0.717) is 24.2 Å². The highest BCUT2D eigenvalue weighted by atomic mass is 16.2. The Kier molecular flexibility index (Phi) is 5.86. The van der Waals surface area contributed by atoms with Gasteiger partial charge in [-0.05, 0) is 43.7 Å². The van der Waals surface area contributed by atoms with Crippen molar-refractivity contribution in [1.29, 1.82) is 0 Å². The molecule has 0 bridgehead atoms. The number of aryl methyl sites for hydroxylation is 2. The molecule has 0 radical (unpaired) electrons. The largest absolute Gasteiger partial charge is 0.336 e. The van der Waals surface area contributed by atoms with Crippen LogP contribution in [0.2, 0.25) is 0 Å². The van der Waals surface area contributed by atoms with Gasteiger partial charge in [0.25, 0.3) is 11.8 Å². The van der Waals surface area contributed by atoms with Gasteiger partial charge in [0.15, 0.2) is 0 Å². The van der Waals surface area contributed by atoms with Crippen molar-refractivity contribution in [2.75, 3.05) is 38.0 Å². The molecule has 0 saturated carbocycles. The van der Waals surface area contributed by atoms with Crippen molar-refractivity contribution in [3.05, 3.63) is 58.9 Å². The van der Waals surface area contributed by atoms with Crippen molar-refractivity contribution in [3.63, 3.8) is 0 Å². The molecule has 1 N–H and O–H groups in total. The normalized spacial score (nSPS) is 14.9. The molecule has 6 heteroatoms. The maximum atomic E-state index is 12.8. The van der Waals surface area contributed by atoms with Gasteiger partial charge in [-0.2, -0.15) is 0 Å². The Hall–Kier alpha value is -2.73. The van der Waals surface area contributed by atoms with Gasteiger partial charge in [0.05, 0.1) is 11.1 Å². The summed E-state index contributed by atoms with van der Waals surface area (Å²) in [5.41, 5.74) is 3.67. The van der Waals surface area contributed by atoms with Crippen LogP contribution in [0.1, 0.15) is 38.8 Å². The lowest BCUT2D eigenvalue weighted by atomic mass is 10.1. The van der Waals surface area contributed by atoms with Crippen LogP contribution in [0.25, 0.3) is 0 Å². The van der Waals surface area contributed by atoms with Crippen LogP contribution in [0.15, 0.2) is 36.7 Å². The molecule has 3 rings (SSSR count). The van der Waals surface area contributed by atoms with E-state index in [4.69, 9.17) is 0 Å². The van der Waals surface area contributed by atoms with Gasteiger partial charge < -0.3 is 15.1 Å². The number of amides is 2. The molecule has 6 nitrogen and oxygen atoms in total. The van der Waals surface area contributed by atoms with Gasteiger partial charge in [0, 0.05) is 44.3 Å². The molecule has 0 atom stereocenters. The van der Waals surface area contributed by atoms with Crippen LogP contribution in [-0.2, 0) is 0 Å². The van der Waals surface area contributed by atoms with E-state index in [1.54, 1.807) is 6.07 Å². The Balaban J connectivity index is 1.72. The molecule has 1 aliphatic heterocycles. The number of carbonyl (C=O) groups is 2. The van der Waals surface area contributed by atoms with Gasteiger partial charge in [-0.15, -0.1) is 0 Å². The van der Waals surface area contributed by atoms with E-state index in [2.05, 4.69) is 22.1 Å². The molecule has 142 valence electrons. The molecule has 0 spiro atoms. The van der Waals surface area contributed by atoms with Crippen LogP contribution in [0, 0.1) is 13.8 Å². The number of nitrogens with one attached hydrogen (secondary N) is 1. The van der Waals surface area contributed by atoms with Crippen LogP contribution in [0.5, 0.6) is 0 Å². The molecule has 0 aliphatic carbocycles. The van der Waals surface area contributed by atoms with Crippen LogP contribution in [-0.4, -0.2) is 59.3 Å². The quantitative estimate of drug-likeness (QED) is 0.904. The van der Waals surface area contributed by atoms with E-state index in [1.807, 2.05) is 36.9 Å². The molecule has 2 aromatic rings. The smallest absolute Gasteiger partial charge is 0.257 e. The second kappa shape index (κ2) is 8.31. The minimum absolute atomic E-state index is 0.0698. The lowest BCUT2D eigenvalue weighted by Gasteiger charge is -2.34. The van der Waals surface area contributed by atoms with E-state index in [1.165, 1.54) is 12.4 Å². The van der Waals surface area contributed by atoms with Gasteiger partial charge in [-0.3, -0.25) is 14.6 Å². The minimum atomic E-state index is -0.262. The SMILES string of the molecule is CCN1CCN(C(=O)c2cncc(C(=O)Nc3cc(C)ccc3C)c2)CC1. The first-order chi connectivity index (χ1) is 13.0. The number of hydrogen-bond acceptors (Lipinski definition) is 4. The topological polar surface area (TPSA) is 65.5 Å². The van der Waals surface area contributed by atoms with Crippen molar-refractivity contribution in [2.24, 2.45) is 0 Å². The number of pyridine rings is 1. The van der Waals surface area contributed by atoms with Crippen LogP contribution in [0.3, 0.4) is 0 Å². The van der Waals surface area contributed by atoms with E-state index >= 15 is 0 Å². The molecule has 1 aromatic carbocycles. The monoisotopic (exact) mass is 366 g/mol. The summed E-state index contributed by atoms with van der Waals surface area (Å²) in [6.45, 7) is 10.2. The van der Waals surface area contributed by atoms with E-state index < -0.39 is 0 Å². The number of nitrogens with zero attached hydrogens (tertiary/aromatic N) is 3. The molecular formula is C21H26N4O2. The molecule has 2 heterocycles. The summed E-state index contributed by atoms with van der Waals surface area (Å²) < 4.78 is 0. The Labute approximate surface area is 160 Å². The number of hydrogen-bond donors (Lipinski definition) is 1. The highest BCUT2D eigenvalue weighted by Gasteiger charge is 2.22. The first-order valence-electron chi connectivity index (χ1n) is 9.33. The Bertz CT molecular complexity index is 842. The van der Waals surface area contributed by atoms with Gasteiger partial charge >= 0.3 is 0 Å². The third-order valence-corrected chi connectivity index (χ3v) is 5.00. The number of benzene rings is 1. The van der Waals surface area contributed by atoms with Crippen molar-refractivity contribution in [1.82, 2.24) is 14.8 Å². The highest BCUT2D eigenvalue weighted by Crippen LogP contribution is 2.18.